The Morgan fingerprint density at radius 2 is 1.48 bits per heavy atom. The molecule has 122 valence electrons. The van der Waals surface area contributed by atoms with Crippen molar-refractivity contribution < 1.29 is 4.74 Å². The Balaban J connectivity index is 1.80. The van der Waals surface area contributed by atoms with Crippen LogP contribution in [0.15, 0.2) is 89.9 Å². The lowest BCUT2D eigenvalue weighted by Crippen LogP contribution is -1.99. The van der Waals surface area contributed by atoms with Crippen molar-refractivity contribution in [3.63, 3.8) is 0 Å². The molecule has 2 heteroatoms. The highest BCUT2D eigenvalue weighted by atomic mass is 16.5. The number of para-hydroxylation sites is 1. The van der Waals surface area contributed by atoms with E-state index in [4.69, 9.17) is 9.73 Å². The number of rotatable bonds is 4. The minimum absolute atomic E-state index is 0.323. The predicted octanol–water partition coefficient (Wildman–Crippen LogP) is 5.20. The van der Waals surface area contributed by atoms with Crippen LogP contribution in [0, 0.1) is 18.8 Å². The summed E-state index contributed by atoms with van der Waals surface area (Å²) in [6, 6.07) is 27.8. The molecule has 0 saturated heterocycles. The Morgan fingerprint density at radius 1 is 0.840 bits per heavy atom. The molecule has 0 aliphatic rings. The van der Waals surface area contributed by atoms with Gasteiger partial charge in [-0.3, -0.25) is 0 Å². The minimum Gasteiger partial charge on any atom is -0.481 e. The number of aliphatic imine (C=N–C) groups is 1. The van der Waals surface area contributed by atoms with Gasteiger partial charge in [0.2, 0.25) is 0 Å². The lowest BCUT2D eigenvalue weighted by atomic mass is 10.1. The summed E-state index contributed by atoms with van der Waals surface area (Å²) < 4.78 is 5.63. The highest BCUT2D eigenvalue weighted by Gasteiger charge is 2.00. The van der Waals surface area contributed by atoms with Gasteiger partial charge in [-0.25, -0.2) is 4.99 Å². The summed E-state index contributed by atoms with van der Waals surface area (Å²) in [5.41, 5.74) is 3.83. The van der Waals surface area contributed by atoms with Crippen molar-refractivity contribution in [2.45, 2.75) is 6.92 Å². The Hall–Kier alpha value is -3.31. The first-order valence-electron chi connectivity index (χ1n) is 8.19. The van der Waals surface area contributed by atoms with Gasteiger partial charge in [-0.15, -0.1) is 0 Å². The molecule has 0 aromatic heterocycles. The number of hydrogen-bond donors (Lipinski definition) is 0. The van der Waals surface area contributed by atoms with Gasteiger partial charge in [0.25, 0.3) is 0 Å². The van der Waals surface area contributed by atoms with Crippen LogP contribution in [-0.2, 0) is 0 Å². The first-order chi connectivity index (χ1) is 12.3. The van der Waals surface area contributed by atoms with Gasteiger partial charge in [-0.2, -0.15) is 0 Å². The molecule has 3 aromatic rings. The van der Waals surface area contributed by atoms with E-state index in [0.717, 1.165) is 22.7 Å². The zero-order chi connectivity index (χ0) is 17.3. The molecule has 0 aliphatic heterocycles. The number of hydrogen-bond acceptors (Lipinski definition) is 2. The molecule has 0 N–H and O–H groups in total. The summed E-state index contributed by atoms with van der Waals surface area (Å²) in [6.45, 7) is 2.39. The highest BCUT2D eigenvalue weighted by Crippen LogP contribution is 2.15. The van der Waals surface area contributed by atoms with Crippen molar-refractivity contribution in [2.75, 3.05) is 6.61 Å². The molecule has 3 aromatic carbocycles. The fourth-order valence-electron chi connectivity index (χ4n) is 2.27. The molecule has 0 bridgehead atoms. The van der Waals surface area contributed by atoms with Crippen LogP contribution in [-0.4, -0.2) is 12.3 Å². The number of ether oxygens (including phenoxy) is 1. The summed E-state index contributed by atoms with van der Waals surface area (Å²) >= 11 is 0. The molecule has 0 heterocycles. The van der Waals surface area contributed by atoms with E-state index in [1.807, 2.05) is 84.9 Å². The third-order valence-corrected chi connectivity index (χ3v) is 3.58. The van der Waals surface area contributed by atoms with Gasteiger partial charge in [-0.1, -0.05) is 72.1 Å². The van der Waals surface area contributed by atoms with E-state index in [9.17, 15) is 0 Å². The average Bonchev–Trinajstić information content (AvgIpc) is 2.67. The number of nitrogens with zero attached hydrogens (tertiary/aromatic N) is 1. The summed E-state index contributed by atoms with van der Waals surface area (Å²) in [4.78, 5) is 4.70. The van der Waals surface area contributed by atoms with Crippen molar-refractivity contribution in [1.82, 2.24) is 0 Å². The summed E-state index contributed by atoms with van der Waals surface area (Å²) in [5, 5.41) is 0. The molecule has 0 radical (unpaired) electrons. The molecule has 0 amide bonds. The van der Waals surface area contributed by atoms with Crippen LogP contribution in [0.1, 0.15) is 11.1 Å². The van der Waals surface area contributed by atoms with Gasteiger partial charge in [0.05, 0.1) is 5.69 Å². The molecule has 0 saturated carbocycles. The zero-order valence-electron chi connectivity index (χ0n) is 14.1. The van der Waals surface area contributed by atoms with Gasteiger partial charge < -0.3 is 4.74 Å². The zero-order valence-corrected chi connectivity index (χ0v) is 14.1. The van der Waals surface area contributed by atoms with Crippen LogP contribution >= 0.6 is 0 Å². The third-order valence-electron chi connectivity index (χ3n) is 3.58. The maximum absolute atomic E-state index is 5.63. The molecular formula is C23H19NO. The topological polar surface area (TPSA) is 21.6 Å². The lowest BCUT2D eigenvalue weighted by molar-refractivity contribution is 0.370. The fraction of sp³-hybridized carbons (Fsp3) is 0.0870. The molecule has 3 rings (SSSR count). The van der Waals surface area contributed by atoms with Gasteiger partial charge >= 0.3 is 0 Å². The van der Waals surface area contributed by atoms with E-state index in [0.29, 0.717) is 6.61 Å². The van der Waals surface area contributed by atoms with Crippen LogP contribution in [0.25, 0.3) is 0 Å². The largest absolute Gasteiger partial charge is 0.481 e. The van der Waals surface area contributed by atoms with Crippen LogP contribution in [0.4, 0.5) is 5.69 Å². The predicted molar refractivity (Wildman–Crippen MR) is 104 cm³/mol. The normalized spacial score (nSPS) is 10.7. The molecule has 0 fully saturated rings. The Bertz CT molecular complexity index is 886. The van der Waals surface area contributed by atoms with Gasteiger partial charge in [0, 0.05) is 5.56 Å². The Labute approximate surface area is 148 Å². The molecular weight excluding hydrogens is 306 g/mol. The molecule has 0 spiro atoms. The summed E-state index contributed by atoms with van der Waals surface area (Å²) in [7, 11) is 0. The summed E-state index contributed by atoms with van der Waals surface area (Å²) in [6.07, 6.45) is 0. The van der Waals surface area contributed by atoms with E-state index >= 15 is 0 Å². The van der Waals surface area contributed by atoms with Gasteiger partial charge in [-0.05, 0) is 37.1 Å². The smallest absolute Gasteiger partial charge is 0.149 e. The van der Waals surface area contributed by atoms with E-state index in [-0.39, 0.29) is 0 Å². The monoisotopic (exact) mass is 325 g/mol. The van der Waals surface area contributed by atoms with Crippen LogP contribution in [0.5, 0.6) is 5.75 Å². The standard InChI is InChI=1S/C23H19NO/c1-19-14-16-21(17-15-19)24-23(20-9-4-2-5-10-20)13-8-18-25-22-11-6-3-7-12-22/h2-7,9-12,14-17H,18H2,1H3. The second-order valence-corrected chi connectivity index (χ2v) is 5.57. The maximum Gasteiger partial charge on any atom is 0.149 e. The number of benzene rings is 3. The van der Waals surface area contributed by atoms with E-state index < -0.39 is 0 Å². The van der Waals surface area contributed by atoms with Crippen LogP contribution in [0.3, 0.4) is 0 Å². The van der Waals surface area contributed by atoms with Crippen LogP contribution in [0.2, 0.25) is 0 Å². The SMILES string of the molecule is Cc1ccc(N=C(C#CCOc2ccccc2)c2ccccc2)cc1. The first kappa shape index (κ1) is 16.5. The van der Waals surface area contributed by atoms with Crippen molar-refractivity contribution in [1.29, 1.82) is 0 Å². The minimum atomic E-state index is 0.323. The molecule has 0 atom stereocenters. The lowest BCUT2D eigenvalue weighted by Gasteiger charge is -2.02. The molecule has 25 heavy (non-hydrogen) atoms. The van der Waals surface area contributed by atoms with Crippen molar-refractivity contribution in [2.24, 2.45) is 4.99 Å². The Morgan fingerprint density at radius 3 is 2.16 bits per heavy atom. The fourth-order valence-corrected chi connectivity index (χ4v) is 2.27. The van der Waals surface area contributed by atoms with E-state index in [1.165, 1.54) is 5.56 Å². The summed E-state index contributed by atoms with van der Waals surface area (Å²) in [5.74, 6) is 7.02. The quantitative estimate of drug-likeness (QED) is 0.477. The molecule has 0 unspecified atom stereocenters. The van der Waals surface area contributed by atoms with Crippen LogP contribution < -0.4 is 4.74 Å². The van der Waals surface area contributed by atoms with Gasteiger partial charge in [0.15, 0.2) is 0 Å². The Kier molecular flexibility index (Phi) is 5.64. The number of aryl methyl sites for hydroxylation is 1. The maximum atomic E-state index is 5.63. The van der Waals surface area contributed by atoms with E-state index in [1.54, 1.807) is 0 Å². The first-order valence-corrected chi connectivity index (χ1v) is 8.19. The second kappa shape index (κ2) is 8.52. The highest BCUT2D eigenvalue weighted by molar-refractivity contribution is 6.14. The van der Waals surface area contributed by atoms with Crippen molar-refractivity contribution in [3.8, 4) is 17.6 Å². The second-order valence-electron chi connectivity index (χ2n) is 5.57. The van der Waals surface area contributed by atoms with E-state index in [2.05, 4.69) is 18.8 Å². The molecule has 2 nitrogen and oxygen atoms in total. The van der Waals surface area contributed by atoms with Crippen molar-refractivity contribution >= 4 is 11.4 Å². The average molecular weight is 325 g/mol. The third kappa shape index (κ3) is 5.09. The van der Waals surface area contributed by atoms with Gasteiger partial charge in [0.1, 0.15) is 18.1 Å². The molecule has 0 aliphatic carbocycles. The van der Waals surface area contributed by atoms with Crippen molar-refractivity contribution in [3.05, 3.63) is 96.1 Å².